The molecule has 0 bridgehead atoms. The molecule has 0 aliphatic rings. The Balaban J connectivity index is 1.86. The van der Waals surface area contributed by atoms with Gasteiger partial charge in [0.2, 0.25) is 0 Å². The minimum absolute atomic E-state index is 0.362. The largest absolute Gasteiger partial charge is 0.497 e. The summed E-state index contributed by atoms with van der Waals surface area (Å²) in [6.45, 7) is 0.0401. The van der Waals surface area contributed by atoms with E-state index in [4.69, 9.17) is 14.2 Å². The number of benzene rings is 2. The normalized spacial score (nSPS) is 10.1. The van der Waals surface area contributed by atoms with Crippen molar-refractivity contribution in [3.05, 3.63) is 59.7 Å². The summed E-state index contributed by atoms with van der Waals surface area (Å²) >= 11 is 0. The molecule has 0 aromatic heterocycles. The molecule has 1 N–H and O–H groups in total. The zero-order valence-electron chi connectivity index (χ0n) is 13.6. The van der Waals surface area contributed by atoms with Crippen LogP contribution in [0.3, 0.4) is 0 Å². The maximum absolute atomic E-state index is 12.0. The van der Waals surface area contributed by atoms with Crippen LogP contribution in [0.5, 0.6) is 5.75 Å². The van der Waals surface area contributed by atoms with E-state index in [1.54, 1.807) is 56.7 Å². The highest BCUT2D eigenvalue weighted by molar-refractivity contribution is 5.95. The molecule has 6 heteroatoms. The predicted molar refractivity (Wildman–Crippen MR) is 89.1 cm³/mol. The molecule has 24 heavy (non-hydrogen) atoms. The predicted octanol–water partition coefficient (Wildman–Crippen LogP) is 2.64. The Morgan fingerprint density at radius 1 is 1.04 bits per heavy atom. The standard InChI is InChI=1S/C18H19NO5/c1-22-11-13-4-3-5-14(10-13)18(21)24-12-17(20)19-15-6-8-16(23-2)9-7-15/h3-10H,11-12H2,1-2H3,(H,19,20). The van der Waals surface area contributed by atoms with Crippen LogP contribution < -0.4 is 10.1 Å². The zero-order valence-corrected chi connectivity index (χ0v) is 13.6. The van der Waals surface area contributed by atoms with Gasteiger partial charge >= 0.3 is 5.97 Å². The molecule has 0 radical (unpaired) electrons. The first-order valence-electron chi connectivity index (χ1n) is 7.31. The van der Waals surface area contributed by atoms with Gasteiger partial charge in [-0.2, -0.15) is 0 Å². The molecule has 0 saturated heterocycles. The summed E-state index contributed by atoms with van der Waals surface area (Å²) in [6, 6.07) is 13.7. The molecular weight excluding hydrogens is 310 g/mol. The van der Waals surface area contributed by atoms with E-state index in [1.165, 1.54) is 0 Å². The minimum Gasteiger partial charge on any atom is -0.497 e. The van der Waals surface area contributed by atoms with Gasteiger partial charge in [-0.05, 0) is 42.0 Å². The smallest absolute Gasteiger partial charge is 0.338 e. The summed E-state index contributed by atoms with van der Waals surface area (Å²) in [4.78, 5) is 23.8. The first-order valence-corrected chi connectivity index (χ1v) is 7.31. The van der Waals surface area contributed by atoms with Gasteiger partial charge in [0.25, 0.3) is 5.91 Å². The van der Waals surface area contributed by atoms with Crippen LogP contribution in [0.1, 0.15) is 15.9 Å². The van der Waals surface area contributed by atoms with E-state index >= 15 is 0 Å². The molecule has 0 atom stereocenters. The first-order chi connectivity index (χ1) is 11.6. The Kier molecular flexibility index (Phi) is 6.33. The number of rotatable bonds is 7. The van der Waals surface area contributed by atoms with E-state index in [0.29, 0.717) is 23.6 Å². The Morgan fingerprint density at radius 3 is 2.46 bits per heavy atom. The van der Waals surface area contributed by atoms with Gasteiger partial charge in [0.1, 0.15) is 5.75 Å². The average Bonchev–Trinajstić information content (AvgIpc) is 2.61. The van der Waals surface area contributed by atoms with Gasteiger partial charge in [0.05, 0.1) is 19.3 Å². The van der Waals surface area contributed by atoms with E-state index in [1.807, 2.05) is 6.07 Å². The lowest BCUT2D eigenvalue weighted by Gasteiger charge is -2.08. The molecule has 0 aliphatic carbocycles. The van der Waals surface area contributed by atoms with Crippen molar-refractivity contribution in [1.82, 2.24) is 0 Å². The maximum Gasteiger partial charge on any atom is 0.338 e. The Hall–Kier alpha value is -2.86. The number of amides is 1. The van der Waals surface area contributed by atoms with Crippen molar-refractivity contribution in [2.24, 2.45) is 0 Å². The number of hydrogen-bond donors (Lipinski definition) is 1. The Labute approximate surface area is 140 Å². The lowest BCUT2D eigenvalue weighted by atomic mass is 10.1. The van der Waals surface area contributed by atoms with Crippen molar-refractivity contribution in [3.8, 4) is 5.75 Å². The first kappa shape index (κ1) is 17.5. The number of carbonyl (C=O) groups excluding carboxylic acids is 2. The van der Waals surface area contributed by atoms with Crippen molar-refractivity contribution < 1.29 is 23.8 Å². The topological polar surface area (TPSA) is 73.9 Å². The summed E-state index contributed by atoms with van der Waals surface area (Å²) in [5.74, 6) is -0.283. The maximum atomic E-state index is 12.0. The van der Waals surface area contributed by atoms with Crippen molar-refractivity contribution in [1.29, 1.82) is 0 Å². The van der Waals surface area contributed by atoms with Gasteiger partial charge in [-0.1, -0.05) is 12.1 Å². The van der Waals surface area contributed by atoms with Gasteiger partial charge in [0, 0.05) is 12.8 Å². The molecule has 1 amide bonds. The van der Waals surface area contributed by atoms with Crippen LogP contribution in [0.25, 0.3) is 0 Å². The molecule has 0 unspecified atom stereocenters. The van der Waals surface area contributed by atoms with Gasteiger partial charge in [-0.25, -0.2) is 4.79 Å². The van der Waals surface area contributed by atoms with Crippen LogP contribution >= 0.6 is 0 Å². The summed E-state index contributed by atoms with van der Waals surface area (Å²) in [5, 5.41) is 2.64. The van der Waals surface area contributed by atoms with E-state index < -0.39 is 11.9 Å². The molecule has 2 aromatic carbocycles. The van der Waals surface area contributed by atoms with Crippen molar-refractivity contribution in [3.63, 3.8) is 0 Å². The second-order valence-corrected chi connectivity index (χ2v) is 4.99. The summed E-state index contributed by atoms with van der Waals surface area (Å²) < 4.78 is 15.1. The van der Waals surface area contributed by atoms with Crippen LogP contribution in [-0.4, -0.2) is 32.7 Å². The number of esters is 1. The fraction of sp³-hybridized carbons (Fsp3) is 0.222. The molecule has 2 aromatic rings. The number of hydrogen-bond acceptors (Lipinski definition) is 5. The molecule has 0 spiro atoms. The van der Waals surface area contributed by atoms with Gasteiger partial charge in [-0.15, -0.1) is 0 Å². The highest BCUT2D eigenvalue weighted by Gasteiger charge is 2.11. The third-order valence-corrected chi connectivity index (χ3v) is 3.18. The van der Waals surface area contributed by atoms with Gasteiger partial charge in [-0.3, -0.25) is 4.79 Å². The van der Waals surface area contributed by atoms with Crippen LogP contribution in [0.4, 0.5) is 5.69 Å². The van der Waals surface area contributed by atoms with Crippen molar-refractivity contribution in [2.75, 3.05) is 26.1 Å². The number of carbonyl (C=O) groups is 2. The zero-order chi connectivity index (χ0) is 17.4. The minimum atomic E-state index is -0.558. The van der Waals surface area contributed by atoms with Crippen molar-refractivity contribution >= 4 is 17.6 Å². The van der Waals surface area contributed by atoms with E-state index in [9.17, 15) is 9.59 Å². The molecule has 0 aliphatic heterocycles. The SMILES string of the molecule is COCc1cccc(C(=O)OCC(=O)Nc2ccc(OC)cc2)c1. The average molecular weight is 329 g/mol. The second kappa shape index (κ2) is 8.69. The Bertz CT molecular complexity index is 697. The van der Waals surface area contributed by atoms with E-state index in [0.717, 1.165) is 5.56 Å². The molecule has 6 nitrogen and oxygen atoms in total. The molecular formula is C18H19NO5. The molecule has 2 rings (SSSR count). The lowest BCUT2D eigenvalue weighted by Crippen LogP contribution is -2.21. The highest BCUT2D eigenvalue weighted by atomic mass is 16.5. The number of anilines is 1. The summed E-state index contributed by atoms with van der Waals surface area (Å²) in [5.41, 5.74) is 1.83. The highest BCUT2D eigenvalue weighted by Crippen LogP contribution is 2.15. The fourth-order valence-electron chi connectivity index (χ4n) is 2.04. The molecule has 0 saturated carbocycles. The number of nitrogens with one attached hydrogen (secondary N) is 1. The van der Waals surface area contributed by atoms with E-state index in [-0.39, 0.29) is 6.61 Å². The van der Waals surface area contributed by atoms with Crippen LogP contribution in [0.15, 0.2) is 48.5 Å². The summed E-state index contributed by atoms with van der Waals surface area (Å²) in [6.07, 6.45) is 0. The monoisotopic (exact) mass is 329 g/mol. The number of methoxy groups -OCH3 is 2. The third-order valence-electron chi connectivity index (χ3n) is 3.18. The van der Waals surface area contributed by atoms with Crippen LogP contribution in [0.2, 0.25) is 0 Å². The lowest BCUT2D eigenvalue weighted by molar-refractivity contribution is -0.119. The molecule has 126 valence electrons. The Morgan fingerprint density at radius 2 is 1.79 bits per heavy atom. The third kappa shape index (κ3) is 5.10. The van der Waals surface area contributed by atoms with Crippen molar-refractivity contribution in [2.45, 2.75) is 6.61 Å². The molecule has 0 heterocycles. The molecule has 0 fully saturated rings. The van der Waals surface area contributed by atoms with Crippen LogP contribution in [0, 0.1) is 0 Å². The van der Waals surface area contributed by atoms with E-state index in [2.05, 4.69) is 5.32 Å². The number of ether oxygens (including phenoxy) is 3. The summed E-state index contributed by atoms with van der Waals surface area (Å²) in [7, 11) is 3.14. The van der Waals surface area contributed by atoms with Gasteiger partial charge in [0.15, 0.2) is 6.61 Å². The second-order valence-electron chi connectivity index (χ2n) is 4.99. The fourth-order valence-corrected chi connectivity index (χ4v) is 2.04. The van der Waals surface area contributed by atoms with Crippen LogP contribution in [-0.2, 0) is 20.9 Å². The van der Waals surface area contributed by atoms with Gasteiger partial charge < -0.3 is 19.5 Å². The quantitative estimate of drug-likeness (QED) is 0.791.